The van der Waals surface area contributed by atoms with Gasteiger partial charge in [0.2, 0.25) is 5.91 Å². The highest BCUT2D eigenvalue weighted by Crippen LogP contribution is 2.40. The van der Waals surface area contributed by atoms with Crippen LogP contribution in [-0.2, 0) is 4.79 Å². The molecule has 0 heterocycles. The molecule has 1 fully saturated rings. The second-order valence-corrected chi connectivity index (χ2v) is 4.34. The van der Waals surface area contributed by atoms with Crippen molar-refractivity contribution in [2.24, 2.45) is 11.1 Å². The van der Waals surface area contributed by atoms with Crippen LogP contribution in [0.5, 0.6) is 5.75 Å². The fourth-order valence-corrected chi connectivity index (χ4v) is 1.94. The van der Waals surface area contributed by atoms with Gasteiger partial charge in [0, 0.05) is 12.2 Å². The summed E-state index contributed by atoms with van der Waals surface area (Å²) in [5.74, 6) is 0.183. The summed E-state index contributed by atoms with van der Waals surface area (Å²) >= 11 is 0. The zero-order valence-electron chi connectivity index (χ0n) is 9.07. The Kier molecular flexibility index (Phi) is 2.83. The number of benzene rings is 1. The van der Waals surface area contributed by atoms with Gasteiger partial charge in [-0.1, -0.05) is 6.42 Å². The van der Waals surface area contributed by atoms with Gasteiger partial charge in [0.15, 0.2) is 0 Å². The standard InChI is InChI=1S/C12H16N2O2/c13-8-12(6-1-7-12)11(16)14-9-2-4-10(15)5-3-9/h2-5,15H,1,6-8,13H2,(H,14,16). The van der Waals surface area contributed by atoms with Gasteiger partial charge in [0.25, 0.3) is 0 Å². The summed E-state index contributed by atoms with van der Waals surface area (Å²) < 4.78 is 0. The van der Waals surface area contributed by atoms with E-state index in [-0.39, 0.29) is 17.1 Å². The molecule has 16 heavy (non-hydrogen) atoms. The van der Waals surface area contributed by atoms with E-state index in [1.807, 2.05) is 0 Å². The second kappa shape index (κ2) is 4.14. The molecule has 4 N–H and O–H groups in total. The Balaban J connectivity index is 2.04. The Bertz CT molecular complexity index is 377. The van der Waals surface area contributed by atoms with E-state index in [4.69, 9.17) is 10.8 Å². The minimum absolute atomic E-state index is 0.00746. The highest BCUT2D eigenvalue weighted by Gasteiger charge is 2.42. The van der Waals surface area contributed by atoms with Gasteiger partial charge in [0.1, 0.15) is 5.75 Å². The van der Waals surface area contributed by atoms with Crippen LogP contribution < -0.4 is 11.1 Å². The molecule has 0 saturated heterocycles. The van der Waals surface area contributed by atoms with Crippen molar-refractivity contribution in [2.45, 2.75) is 19.3 Å². The maximum absolute atomic E-state index is 12.0. The Morgan fingerprint density at radius 3 is 2.44 bits per heavy atom. The molecule has 0 radical (unpaired) electrons. The third-order valence-corrected chi connectivity index (χ3v) is 3.31. The summed E-state index contributed by atoms with van der Waals surface area (Å²) in [6.07, 6.45) is 2.81. The number of nitrogens with one attached hydrogen (secondary N) is 1. The first-order valence-corrected chi connectivity index (χ1v) is 5.47. The molecule has 2 rings (SSSR count). The molecule has 0 aliphatic heterocycles. The van der Waals surface area contributed by atoms with Crippen LogP contribution in [0.2, 0.25) is 0 Å². The second-order valence-electron chi connectivity index (χ2n) is 4.34. The van der Waals surface area contributed by atoms with Gasteiger partial charge in [-0.15, -0.1) is 0 Å². The van der Waals surface area contributed by atoms with E-state index in [0.717, 1.165) is 19.3 Å². The van der Waals surface area contributed by atoms with Crippen LogP contribution in [-0.4, -0.2) is 17.6 Å². The lowest BCUT2D eigenvalue weighted by Gasteiger charge is -2.39. The Morgan fingerprint density at radius 2 is 2.00 bits per heavy atom. The molecule has 1 aromatic carbocycles. The van der Waals surface area contributed by atoms with Gasteiger partial charge in [0.05, 0.1) is 5.41 Å². The molecular formula is C12H16N2O2. The zero-order chi connectivity index (χ0) is 11.6. The van der Waals surface area contributed by atoms with Crippen molar-refractivity contribution in [3.63, 3.8) is 0 Å². The van der Waals surface area contributed by atoms with Crippen molar-refractivity contribution < 1.29 is 9.90 Å². The molecule has 1 aliphatic carbocycles. The average molecular weight is 220 g/mol. The predicted molar refractivity (Wildman–Crippen MR) is 62.1 cm³/mol. The fourth-order valence-electron chi connectivity index (χ4n) is 1.94. The first kappa shape index (κ1) is 11.0. The Morgan fingerprint density at radius 1 is 1.38 bits per heavy atom. The number of aromatic hydroxyl groups is 1. The quantitative estimate of drug-likeness (QED) is 0.675. The monoisotopic (exact) mass is 220 g/mol. The van der Waals surface area contributed by atoms with Crippen LogP contribution in [0.15, 0.2) is 24.3 Å². The van der Waals surface area contributed by atoms with Crippen molar-refractivity contribution in [3.8, 4) is 5.75 Å². The van der Waals surface area contributed by atoms with Gasteiger partial charge in [-0.2, -0.15) is 0 Å². The molecule has 0 unspecified atom stereocenters. The van der Waals surface area contributed by atoms with Crippen molar-refractivity contribution in [3.05, 3.63) is 24.3 Å². The lowest BCUT2D eigenvalue weighted by atomic mass is 9.68. The smallest absolute Gasteiger partial charge is 0.231 e. The maximum atomic E-state index is 12.0. The first-order valence-electron chi connectivity index (χ1n) is 5.47. The number of rotatable bonds is 3. The normalized spacial score (nSPS) is 17.6. The van der Waals surface area contributed by atoms with E-state index in [9.17, 15) is 4.79 Å². The lowest BCUT2D eigenvalue weighted by Crippen LogP contribution is -2.47. The van der Waals surface area contributed by atoms with Crippen molar-refractivity contribution in [1.82, 2.24) is 0 Å². The molecule has 0 aromatic heterocycles. The lowest BCUT2D eigenvalue weighted by molar-refractivity contribution is -0.129. The SMILES string of the molecule is NCC1(C(=O)Nc2ccc(O)cc2)CCC1. The largest absolute Gasteiger partial charge is 0.508 e. The van der Waals surface area contributed by atoms with E-state index in [0.29, 0.717) is 12.2 Å². The molecular weight excluding hydrogens is 204 g/mol. The van der Waals surface area contributed by atoms with E-state index in [1.54, 1.807) is 24.3 Å². The molecule has 4 heteroatoms. The maximum Gasteiger partial charge on any atom is 0.231 e. The minimum atomic E-state index is -0.363. The summed E-state index contributed by atoms with van der Waals surface area (Å²) in [7, 11) is 0. The van der Waals surface area contributed by atoms with Gasteiger partial charge < -0.3 is 16.2 Å². The van der Waals surface area contributed by atoms with Crippen molar-refractivity contribution in [1.29, 1.82) is 0 Å². The number of phenols is 1. The summed E-state index contributed by atoms with van der Waals surface area (Å²) in [5, 5.41) is 12.0. The number of anilines is 1. The van der Waals surface area contributed by atoms with Crippen LogP contribution >= 0.6 is 0 Å². The fraction of sp³-hybridized carbons (Fsp3) is 0.417. The molecule has 1 aliphatic rings. The third-order valence-electron chi connectivity index (χ3n) is 3.31. The Labute approximate surface area is 94.5 Å². The van der Waals surface area contributed by atoms with Crippen LogP contribution in [0.3, 0.4) is 0 Å². The van der Waals surface area contributed by atoms with Gasteiger partial charge in [-0.05, 0) is 37.1 Å². The van der Waals surface area contributed by atoms with Gasteiger partial charge >= 0.3 is 0 Å². The number of carbonyl (C=O) groups excluding carboxylic acids is 1. The molecule has 1 aromatic rings. The number of phenolic OH excluding ortho intramolecular Hbond substituents is 1. The zero-order valence-corrected chi connectivity index (χ0v) is 9.07. The van der Waals surface area contributed by atoms with E-state index >= 15 is 0 Å². The topological polar surface area (TPSA) is 75.4 Å². The first-order chi connectivity index (χ1) is 7.66. The predicted octanol–water partition coefficient (Wildman–Crippen LogP) is 1.46. The van der Waals surface area contributed by atoms with Crippen LogP contribution in [0.1, 0.15) is 19.3 Å². The summed E-state index contributed by atoms with van der Waals surface area (Å²) in [6.45, 7) is 0.400. The average Bonchev–Trinajstić information content (AvgIpc) is 2.21. The van der Waals surface area contributed by atoms with Crippen molar-refractivity contribution >= 4 is 11.6 Å². The number of carbonyl (C=O) groups is 1. The summed E-state index contributed by atoms with van der Waals surface area (Å²) in [6, 6.07) is 6.45. The molecule has 0 bridgehead atoms. The molecule has 1 amide bonds. The number of hydrogen-bond acceptors (Lipinski definition) is 3. The number of nitrogens with two attached hydrogens (primary N) is 1. The molecule has 4 nitrogen and oxygen atoms in total. The van der Waals surface area contributed by atoms with Gasteiger partial charge in [-0.3, -0.25) is 4.79 Å². The van der Waals surface area contributed by atoms with E-state index in [2.05, 4.69) is 5.32 Å². The van der Waals surface area contributed by atoms with E-state index in [1.165, 1.54) is 0 Å². The number of hydrogen-bond donors (Lipinski definition) is 3. The van der Waals surface area contributed by atoms with Crippen LogP contribution in [0.4, 0.5) is 5.69 Å². The Hall–Kier alpha value is -1.55. The molecule has 0 spiro atoms. The summed E-state index contributed by atoms with van der Waals surface area (Å²) in [4.78, 5) is 12.0. The van der Waals surface area contributed by atoms with E-state index < -0.39 is 0 Å². The van der Waals surface area contributed by atoms with Crippen molar-refractivity contribution in [2.75, 3.05) is 11.9 Å². The number of amides is 1. The molecule has 0 atom stereocenters. The molecule has 1 saturated carbocycles. The van der Waals surface area contributed by atoms with Gasteiger partial charge in [-0.25, -0.2) is 0 Å². The minimum Gasteiger partial charge on any atom is -0.508 e. The highest BCUT2D eigenvalue weighted by atomic mass is 16.3. The summed E-state index contributed by atoms with van der Waals surface area (Å²) in [5.41, 5.74) is 5.98. The van der Waals surface area contributed by atoms with Crippen LogP contribution in [0.25, 0.3) is 0 Å². The third kappa shape index (κ3) is 1.88. The molecule has 86 valence electrons. The van der Waals surface area contributed by atoms with Crippen LogP contribution in [0, 0.1) is 5.41 Å². The highest BCUT2D eigenvalue weighted by molar-refractivity contribution is 5.96.